The number of aryl methyl sites for hydroxylation is 2. The summed E-state index contributed by atoms with van der Waals surface area (Å²) in [5, 5.41) is 6.27. The van der Waals surface area contributed by atoms with Crippen LogP contribution in [0.25, 0.3) is 0 Å². The van der Waals surface area contributed by atoms with Gasteiger partial charge in [0.05, 0.1) is 11.6 Å². The van der Waals surface area contributed by atoms with Gasteiger partial charge in [-0.1, -0.05) is 6.42 Å². The van der Waals surface area contributed by atoms with E-state index in [4.69, 9.17) is 4.74 Å². The third kappa shape index (κ3) is 3.69. The molecule has 0 spiro atoms. The van der Waals surface area contributed by atoms with Gasteiger partial charge in [0, 0.05) is 49.7 Å². The van der Waals surface area contributed by atoms with Crippen LogP contribution in [0.1, 0.15) is 36.4 Å². The normalized spacial score (nSPS) is 20.0. The van der Waals surface area contributed by atoms with Gasteiger partial charge in [-0.2, -0.15) is 0 Å². The predicted molar refractivity (Wildman–Crippen MR) is 91.8 cm³/mol. The summed E-state index contributed by atoms with van der Waals surface area (Å²) < 4.78 is 5.42. The summed E-state index contributed by atoms with van der Waals surface area (Å²) >= 11 is 1.70. The SMILES string of the molecule is COCC1(C2CCC2)CN(C(=O)NCCCc2nc(C)cs2)C1. The molecule has 2 aliphatic rings. The van der Waals surface area contributed by atoms with Gasteiger partial charge in [-0.3, -0.25) is 0 Å². The number of likely N-dealkylation sites (tertiary alicyclic amines) is 1. The first-order valence-electron chi connectivity index (χ1n) is 8.56. The summed E-state index contributed by atoms with van der Waals surface area (Å²) in [6.45, 7) is 5.21. The fraction of sp³-hybridized carbons (Fsp3) is 0.765. The van der Waals surface area contributed by atoms with Gasteiger partial charge in [0.2, 0.25) is 0 Å². The third-order valence-corrected chi connectivity index (χ3v) is 6.24. The van der Waals surface area contributed by atoms with E-state index in [1.807, 2.05) is 11.8 Å². The van der Waals surface area contributed by atoms with E-state index in [0.29, 0.717) is 6.54 Å². The maximum atomic E-state index is 12.2. The Bertz CT molecular complexity index is 536. The number of aromatic nitrogens is 1. The van der Waals surface area contributed by atoms with Crippen LogP contribution in [0.15, 0.2) is 5.38 Å². The van der Waals surface area contributed by atoms with E-state index in [-0.39, 0.29) is 11.4 Å². The van der Waals surface area contributed by atoms with Gasteiger partial charge in [-0.15, -0.1) is 11.3 Å². The molecule has 6 heteroatoms. The van der Waals surface area contributed by atoms with Crippen molar-refractivity contribution in [3.05, 3.63) is 16.1 Å². The number of rotatable bonds is 7. The number of ether oxygens (including phenoxy) is 1. The zero-order chi connectivity index (χ0) is 16.3. The number of amides is 2. The molecule has 1 saturated heterocycles. The number of carbonyl (C=O) groups excluding carboxylic acids is 1. The molecule has 1 aliphatic heterocycles. The third-order valence-electron chi connectivity index (χ3n) is 5.21. The first-order chi connectivity index (χ1) is 11.1. The Balaban J connectivity index is 1.36. The van der Waals surface area contributed by atoms with Gasteiger partial charge in [0.1, 0.15) is 0 Å². The number of methoxy groups -OCH3 is 1. The van der Waals surface area contributed by atoms with Crippen molar-refractivity contribution in [3.8, 4) is 0 Å². The molecule has 5 nitrogen and oxygen atoms in total. The molecule has 23 heavy (non-hydrogen) atoms. The van der Waals surface area contributed by atoms with Crippen LogP contribution < -0.4 is 5.32 Å². The molecule has 1 aromatic heterocycles. The minimum atomic E-state index is 0.0753. The van der Waals surface area contributed by atoms with Crippen LogP contribution in [-0.4, -0.2) is 49.3 Å². The van der Waals surface area contributed by atoms with Crippen molar-refractivity contribution in [3.63, 3.8) is 0 Å². The maximum absolute atomic E-state index is 12.2. The monoisotopic (exact) mass is 337 g/mol. The van der Waals surface area contributed by atoms with E-state index in [1.165, 1.54) is 19.3 Å². The maximum Gasteiger partial charge on any atom is 0.317 e. The average Bonchev–Trinajstić information content (AvgIpc) is 2.84. The van der Waals surface area contributed by atoms with Crippen molar-refractivity contribution in [2.75, 3.05) is 33.4 Å². The molecule has 1 aromatic rings. The van der Waals surface area contributed by atoms with Crippen molar-refractivity contribution < 1.29 is 9.53 Å². The zero-order valence-corrected chi connectivity index (χ0v) is 15.0. The predicted octanol–water partition coefficient (Wildman–Crippen LogP) is 2.84. The quantitative estimate of drug-likeness (QED) is 0.779. The second kappa shape index (κ2) is 7.18. The molecule has 128 valence electrons. The summed E-state index contributed by atoms with van der Waals surface area (Å²) in [5.41, 5.74) is 1.31. The van der Waals surface area contributed by atoms with Crippen LogP contribution in [0.2, 0.25) is 0 Å². The molecule has 0 atom stereocenters. The smallest absolute Gasteiger partial charge is 0.317 e. The fourth-order valence-corrected chi connectivity index (χ4v) is 4.52. The summed E-state index contributed by atoms with van der Waals surface area (Å²) in [6.07, 6.45) is 5.81. The minimum absolute atomic E-state index is 0.0753. The van der Waals surface area contributed by atoms with Gasteiger partial charge in [-0.05, 0) is 32.1 Å². The number of hydrogen-bond donors (Lipinski definition) is 1. The average molecular weight is 337 g/mol. The molecular weight excluding hydrogens is 310 g/mol. The standard InChI is InChI=1S/C17H27N3O2S/c1-13-9-23-15(19-13)7-4-8-18-16(21)20-10-17(11-20,12-22-2)14-5-3-6-14/h9,14H,3-8,10-12H2,1-2H3,(H,18,21). The Morgan fingerprint density at radius 2 is 2.30 bits per heavy atom. The van der Waals surface area contributed by atoms with E-state index in [1.54, 1.807) is 18.4 Å². The lowest BCUT2D eigenvalue weighted by atomic mass is 9.61. The van der Waals surface area contributed by atoms with Crippen molar-refractivity contribution in [2.24, 2.45) is 11.3 Å². The molecule has 0 radical (unpaired) electrons. The molecule has 3 rings (SSSR count). The lowest BCUT2D eigenvalue weighted by Crippen LogP contribution is -2.66. The molecular formula is C17H27N3O2S. The van der Waals surface area contributed by atoms with Crippen molar-refractivity contribution in [1.29, 1.82) is 0 Å². The van der Waals surface area contributed by atoms with Crippen LogP contribution in [0.5, 0.6) is 0 Å². The molecule has 1 aliphatic carbocycles. The summed E-state index contributed by atoms with van der Waals surface area (Å²) in [6, 6.07) is 0.0753. The number of carbonyl (C=O) groups is 1. The topological polar surface area (TPSA) is 54.5 Å². The second-order valence-electron chi connectivity index (χ2n) is 7.00. The molecule has 1 N–H and O–H groups in total. The lowest BCUT2D eigenvalue weighted by molar-refractivity contribution is -0.0938. The number of hydrogen-bond acceptors (Lipinski definition) is 4. The van der Waals surface area contributed by atoms with Crippen LogP contribution in [0, 0.1) is 18.3 Å². The minimum Gasteiger partial charge on any atom is -0.384 e. The van der Waals surface area contributed by atoms with Crippen LogP contribution in [0.4, 0.5) is 4.79 Å². The number of urea groups is 1. The first-order valence-corrected chi connectivity index (χ1v) is 9.44. The van der Waals surface area contributed by atoms with Gasteiger partial charge in [0.15, 0.2) is 0 Å². The molecule has 1 saturated carbocycles. The Hall–Kier alpha value is -1.14. The molecule has 2 amide bonds. The van der Waals surface area contributed by atoms with Gasteiger partial charge in [0.25, 0.3) is 0 Å². The highest BCUT2D eigenvalue weighted by Crippen LogP contribution is 2.47. The van der Waals surface area contributed by atoms with E-state index in [9.17, 15) is 4.79 Å². The fourth-order valence-electron chi connectivity index (χ4n) is 3.70. The highest BCUT2D eigenvalue weighted by molar-refractivity contribution is 7.09. The van der Waals surface area contributed by atoms with Gasteiger partial charge < -0.3 is 15.0 Å². The summed E-state index contributed by atoms with van der Waals surface area (Å²) in [7, 11) is 1.77. The molecule has 2 fully saturated rings. The molecule has 2 heterocycles. The van der Waals surface area contributed by atoms with Crippen LogP contribution >= 0.6 is 11.3 Å². The summed E-state index contributed by atoms with van der Waals surface area (Å²) in [4.78, 5) is 18.6. The van der Waals surface area contributed by atoms with Gasteiger partial charge in [-0.25, -0.2) is 9.78 Å². The van der Waals surface area contributed by atoms with E-state index in [0.717, 1.165) is 49.2 Å². The van der Waals surface area contributed by atoms with Crippen molar-refractivity contribution in [1.82, 2.24) is 15.2 Å². The molecule has 0 aromatic carbocycles. The van der Waals surface area contributed by atoms with Crippen LogP contribution in [-0.2, 0) is 11.2 Å². The molecule has 0 bridgehead atoms. The van der Waals surface area contributed by atoms with Crippen molar-refractivity contribution >= 4 is 17.4 Å². The number of nitrogens with zero attached hydrogens (tertiary/aromatic N) is 2. The Kier molecular flexibility index (Phi) is 5.21. The lowest BCUT2D eigenvalue weighted by Gasteiger charge is -2.56. The Morgan fingerprint density at radius 1 is 1.52 bits per heavy atom. The van der Waals surface area contributed by atoms with E-state index < -0.39 is 0 Å². The zero-order valence-electron chi connectivity index (χ0n) is 14.1. The van der Waals surface area contributed by atoms with Crippen molar-refractivity contribution in [2.45, 2.75) is 39.0 Å². The largest absolute Gasteiger partial charge is 0.384 e. The van der Waals surface area contributed by atoms with Crippen LogP contribution in [0.3, 0.4) is 0 Å². The second-order valence-corrected chi connectivity index (χ2v) is 7.94. The number of nitrogens with one attached hydrogen (secondary N) is 1. The van der Waals surface area contributed by atoms with E-state index in [2.05, 4.69) is 15.7 Å². The Morgan fingerprint density at radius 3 is 2.87 bits per heavy atom. The first kappa shape index (κ1) is 16.7. The number of thiazole rings is 1. The van der Waals surface area contributed by atoms with Gasteiger partial charge >= 0.3 is 6.03 Å². The Labute approximate surface area is 142 Å². The highest BCUT2D eigenvalue weighted by atomic mass is 32.1. The summed E-state index contributed by atoms with van der Waals surface area (Å²) in [5.74, 6) is 0.750. The molecule has 0 unspecified atom stereocenters. The van der Waals surface area contributed by atoms with E-state index >= 15 is 0 Å². The highest BCUT2D eigenvalue weighted by Gasteiger charge is 2.51.